The molecule has 1 saturated carbocycles. The Labute approximate surface area is 104 Å². The van der Waals surface area contributed by atoms with Crippen molar-refractivity contribution in [3.63, 3.8) is 0 Å². The third kappa shape index (κ3) is 2.28. The van der Waals surface area contributed by atoms with Crippen LogP contribution in [0.25, 0.3) is 0 Å². The number of carboxylic acids is 1. The van der Waals surface area contributed by atoms with Gasteiger partial charge in [-0.15, -0.1) is 23.2 Å². The Morgan fingerprint density at radius 3 is 2.19 bits per heavy atom. The second-order valence-electron chi connectivity index (χ2n) is 5.09. The SMILES string of the molecule is CC(C)(CNC(=O)C1(C)CC1(Cl)Cl)C(=O)O. The van der Waals surface area contributed by atoms with Gasteiger partial charge in [-0.05, 0) is 27.2 Å². The molecule has 0 bridgehead atoms. The Hall–Kier alpha value is -0.480. The molecule has 0 aromatic heterocycles. The van der Waals surface area contributed by atoms with E-state index in [2.05, 4.69) is 5.32 Å². The third-order valence-corrected chi connectivity index (χ3v) is 4.13. The van der Waals surface area contributed by atoms with Crippen LogP contribution in [0.2, 0.25) is 0 Å². The summed E-state index contributed by atoms with van der Waals surface area (Å²) in [5, 5.41) is 11.4. The molecule has 16 heavy (non-hydrogen) atoms. The van der Waals surface area contributed by atoms with Gasteiger partial charge < -0.3 is 10.4 Å². The monoisotopic (exact) mass is 267 g/mol. The molecule has 0 aromatic rings. The number of halogens is 2. The van der Waals surface area contributed by atoms with Gasteiger partial charge in [-0.3, -0.25) is 9.59 Å². The lowest BCUT2D eigenvalue weighted by molar-refractivity contribution is -0.146. The highest BCUT2D eigenvalue weighted by molar-refractivity contribution is 6.53. The van der Waals surface area contributed by atoms with E-state index in [1.54, 1.807) is 20.8 Å². The van der Waals surface area contributed by atoms with E-state index in [-0.39, 0.29) is 12.5 Å². The molecule has 0 aromatic carbocycles. The molecule has 0 saturated heterocycles. The summed E-state index contributed by atoms with van der Waals surface area (Å²) in [5.41, 5.74) is -1.80. The van der Waals surface area contributed by atoms with Gasteiger partial charge in [-0.25, -0.2) is 0 Å². The van der Waals surface area contributed by atoms with Crippen LogP contribution in [0.15, 0.2) is 0 Å². The molecular weight excluding hydrogens is 253 g/mol. The second kappa shape index (κ2) is 3.77. The Bertz CT molecular complexity index is 341. The Morgan fingerprint density at radius 1 is 1.44 bits per heavy atom. The minimum absolute atomic E-state index is 0.0562. The number of alkyl halides is 2. The van der Waals surface area contributed by atoms with Gasteiger partial charge in [0, 0.05) is 6.54 Å². The van der Waals surface area contributed by atoms with Crippen LogP contribution in [-0.4, -0.2) is 27.9 Å². The van der Waals surface area contributed by atoms with Crippen molar-refractivity contribution < 1.29 is 14.7 Å². The third-order valence-electron chi connectivity index (χ3n) is 3.03. The molecule has 0 spiro atoms. The van der Waals surface area contributed by atoms with Gasteiger partial charge in [0.1, 0.15) is 4.33 Å². The largest absolute Gasteiger partial charge is 0.481 e. The van der Waals surface area contributed by atoms with Gasteiger partial charge in [-0.2, -0.15) is 0 Å². The highest BCUT2D eigenvalue weighted by Gasteiger charge is 2.67. The lowest BCUT2D eigenvalue weighted by atomic mass is 9.93. The molecule has 1 aliphatic rings. The van der Waals surface area contributed by atoms with Crippen molar-refractivity contribution >= 4 is 35.1 Å². The van der Waals surface area contributed by atoms with Gasteiger partial charge in [0.25, 0.3) is 0 Å². The molecule has 4 nitrogen and oxygen atoms in total. The number of aliphatic carboxylic acids is 1. The van der Waals surface area contributed by atoms with Crippen molar-refractivity contribution in [3.05, 3.63) is 0 Å². The Balaban J connectivity index is 2.53. The first kappa shape index (κ1) is 13.6. The van der Waals surface area contributed by atoms with E-state index in [1.165, 1.54) is 0 Å². The van der Waals surface area contributed by atoms with Crippen LogP contribution < -0.4 is 5.32 Å². The number of carboxylic acid groups (broad SMARTS) is 1. The normalized spacial score (nSPS) is 27.3. The van der Waals surface area contributed by atoms with Crippen LogP contribution in [-0.2, 0) is 9.59 Å². The van der Waals surface area contributed by atoms with E-state index in [9.17, 15) is 9.59 Å². The summed E-state index contributed by atoms with van der Waals surface area (Å²) < 4.78 is -1.02. The molecule has 0 radical (unpaired) electrons. The fourth-order valence-electron chi connectivity index (χ4n) is 1.22. The predicted octanol–water partition coefficient (Wildman–Crippen LogP) is 1.80. The van der Waals surface area contributed by atoms with Crippen molar-refractivity contribution in [1.82, 2.24) is 5.32 Å². The lowest BCUT2D eigenvalue weighted by Crippen LogP contribution is -2.42. The van der Waals surface area contributed by atoms with Gasteiger partial charge >= 0.3 is 5.97 Å². The molecule has 1 atom stereocenters. The van der Waals surface area contributed by atoms with E-state index in [1.807, 2.05) is 0 Å². The predicted molar refractivity (Wildman–Crippen MR) is 61.6 cm³/mol. The number of rotatable bonds is 4. The average molecular weight is 268 g/mol. The highest BCUT2D eigenvalue weighted by atomic mass is 35.5. The number of carbonyl (C=O) groups excluding carboxylic acids is 1. The van der Waals surface area contributed by atoms with Crippen LogP contribution in [0.4, 0.5) is 0 Å². The van der Waals surface area contributed by atoms with Crippen LogP contribution in [0.3, 0.4) is 0 Å². The summed E-state index contributed by atoms with van der Waals surface area (Å²) in [7, 11) is 0. The summed E-state index contributed by atoms with van der Waals surface area (Å²) in [6, 6.07) is 0. The molecule has 1 rings (SSSR count). The first-order valence-electron chi connectivity index (χ1n) is 4.92. The number of amides is 1. The molecule has 2 N–H and O–H groups in total. The van der Waals surface area contributed by atoms with Gasteiger partial charge in [-0.1, -0.05) is 0 Å². The van der Waals surface area contributed by atoms with Crippen molar-refractivity contribution in [1.29, 1.82) is 0 Å². The average Bonchev–Trinajstić information content (AvgIpc) is 2.63. The maximum absolute atomic E-state index is 11.7. The minimum atomic E-state index is -1.02. The second-order valence-corrected chi connectivity index (χ2v) is 6.57. The number of hydrogen-bond acceptors (Lipinski definition) is 2. The maximum Gasteiger partial charge on any atom is 0.310 e. The number of hydrogen-bond donors (Lipinski definition) is 2. The van der Waals surface area contributed by atoms with Crippen LogP contribution in [0.5, 0.6) is 0 Å². The zero-order chi connectivity index (χ0) is 12.8. The summed E-state index contributed by atoms with van der Waals surface area (Å²) in [6.07, 6.45) is 0.391. The molecule has 6 heteroatoms. The Morgan fingerprint density at radius 2 is 1.88 bits per heavy atom. The van der Waals surface area contributed by atoms with E-state index >= 15 is 0 Å². The smallest absolute Gasteiger partial charge is 0.310 e. The lowest BCUT2D eigenvalue weighted by Gasteiger charge is -2.21. The van der Waals surface area contributed by atoms with Crippen molar-refractivity contribution in [3.8, 4) is 0 Å². The zero-order valence-electron chi connectivity index (χ0n) is 9.43. The fraction of sp³-hybridized carbons (Fsp3) is 0.800. The molecule has 1 fully saturated rings. The zero-order valence-corrected chi connectivity index (χ0v) is 10.9. The Kier molecular flexibility index (Phi) is 3.20. The standard InChI is InChI=1S/C10H15Cl2NO3/c1-8(2,7(15)16)5-13-6(14)9(3)4-10(9,11)12/h4-5H2,1-3H3,(H,13,14)(H,15,16). The maximum atomic E-state index is 11.7. The quantitative estimate of drug-likeness (QED) is 0.764. The first-order chi connectivity index (χ1) is 7.03. The van der Waals surface area contributed by atoms with E-state index in [0.717, 1.165) is 0 Å². The van der Waals surface area contributed by atoms with Crippen molar-refractivity contribution in [2.75, 3.05) is 6.54 Å². The van der Waals surface area contributed by atoms with Crippen molar-refractivity contribution in [2.45, 2.75) is 31.5 Å². The molecule has 0 heterocycles. The molecule has 1 amide bonds. The van der Waals surface area contributed by atoms with Gasteiger partial charge in [0.05, 0.1) is 10.8 Å². The molecule has 1 unspecified atom stereocenters. The molecule has 92 valence electrons. The summed E-state index contributed by atoms with van der Waals surface area (Å²) >= 11 is 11.7. The number of nitrogens with one attached hydrogen (secondary N) is 1. The van der Waals surface area contributed by atoms with Crippen LogP contribution in [0.1, 0.15) is 27.2 Å². The topological polar surface area (TPSA) is 66.4 Å². The van der Waals surface area contributed by atoms with E-state index < -0.39 is 21.1 Å². The fourth-order valence-corrected chi connectivity index (χ4v) is 1.92. The number of carbonyl (C=O) groups is 2. The minimum Gasteiger partial charge on any atom is -0.481 e. The summed E-state index contributed by atoms with van der Waals surface area (Å²) in [6.45, 7) is 4.80. The van der Waals surface area contributed by atoms with Gasteiger partial charge in [0.2, 0.25) is 5.91 Å². The van der Waals surface area contributed by atoms with Gasteiger partial charge in [0.15, 0.2) is 0 Å². The molecule has 0 aliphatic heterocycles. The van der Waals surface area contributed by atoms with Crippen LogP contribution in [0, 0.1) is 10.8 Å². The summed E-state index contributed by atoms with van der Waals surface area (Å²) in [4.78, 5) is 22.6. The van der Waals surface area contributed by atoms with Crippen molar-refractivity contribution in [2.24, 2.45) is 10.8 Å². The first-order valence-corrected chi connectivity index (χ1v) is 5.68. The molecular formula is C10H15Cl2NO3. The van der Waals surface area contributed by atoms with Crippen LogP contribution >= 0.6 is 23.2 Å². The van der Waals surface area contributed by atoms with E-state index in [4.69, 9.17) is 28.3 Å². The molecule has 1 aliphatic carbocycles. The van der Waals surface area contributed by atoms with E-state index in [0.29, 0.717) is 6.42 Å². The highest BCUT2D eigenvalue weighted by Crippen LogP contribution is 2.63. The summed E-state index contributed by atoms with van der Waals surface area (Å²) in [5.74, 6) is -1.26.